The Morgan fingerprint density at radius 1 is 1.52 bits per heavy atom. The molecule has 2 atom stereocenters. The molecular formula is C15H19MgN5O6S2. The summed E-state index contributed by atoms with van der Waals surface area (Å²) in [5.74, 6) is -2.03. The largest absolute Gasteiger partial charge is 2.00 e. The topological polar surface area (TPSA) is 156 Å². The molecule has 11 nitrogen and oxygen atoms in total. The third kappa shape index (κ3) is 4.50. The predicted octanol–water partition coefficient (Wildman–Crippen LogP) is -0.695. The van der Waals surface area contributed by atoms with Gasteiger partial charge in [0.05, 0.1) is 6.61 Å². The number of aromatic nitrogens is 1. The summed E-state index contributed by atoms with van der Waals surface area (Å²) in [6, 6.07) is -0.894. The van der Waals surface area contributed by atoms with Gasteiger partial charge in [0.2, 0.25) is 0 Å². The molecule has 2 aliphatic heterocycles. The third-order valence-electron chi connectivity index (χ3n) is 4.02. The van der Waals surface area contributed by atoms with Crippen LogP contribution in [0.15, 0.2) is 21.8 Å². The maximum atomic E-state index is 12.6. The van der Waals surface area contributed by atoms with Crippen molar-refractivity contribution < 1.29 is 31.9 Å². The van der Waals surface area contributed by atoms with Gasteiger partial charge >= 0.3 is 29.0 Å². The summed E-state index contributed by atoms with van der Waals surface area (Å²) >= 11 is 2.47. The molecule has 4 N–H and O–H groups in total. The van der Waals surface area contributed by atoms with E-state index in [0.717, 1.165) is 11.3 Å². The van der Waals surface area contributed by atoms with E-state index in [4.69, 9.17) is 15.3 Å². The molecular weight excluding hydrogens is 435 g/mol. The van der Waals surface area contributed by atoms with E-state index in [9.17, 15) is 19.5 Å². The molecule has 0 radical (unpaired) electrons. The van der Waals surface area contributed by atoms with Crippen LogP contribution in [-0.2, 0) is 24.0 Å². The van der Waals surface area contributed by atoms with Crippen molar-refractivity contribution in [3.63, 3.8) is 0 Å². The van der Waals surface area contributed by atoms with Gasteiger partial charge in [-0.3, -0.25) is 14.5 Å². The van der Waals surface area contributed by atoms with Crippen molar-refractivity contribution in [2.45, 2.75) is 11.4 Å². The first-order valence-electron chi connectivity index (χ1n) is 7.91. The van der Waals surface area contributed by atoms with Crippen LogP contribution in [0.2, 0.25) is 0 Å². The molecule has 14 heteroatoms. The average molecular weight is 454 g/mol. The Labute approximate surface area is 192 Å². The third-order valence-corrected chi connectivity index (χ3v) is 6.03. The van der Waals surface area contributed by atoms with Gasteiger partial charge in [0, 0.05) is 18.2 Å². The minimum Gasteiger partial charge on any atom is -1.00 e. The number of oxime groups is 1. The van der Waals surface area contributed by atoms with E-state index in [1.165, 1.54) is 30.9 Å². The van der Waals surface area contributed by atoms with Gasteiger partial charge in [0.1, 0.15) is 29.9 Å². The molecule has 154 valence electrons. The Balaban J connectivity index is 0.00000300. The summed E-state index contributed by atoms with van der Waals surface area (Å²) in [5, 5.41) is 17.0. The number of carboxylic acids is 1. The van der Waals surface area contributed by atoms with Crippen LogP contribution in [0, 0.1) is 0 Å². The van der Waals surface area contributed by atoms with Gasteiger partial charge in [-0.15, -0.1) is 23.1 Å². The molecule has 0 bridgehead atoms. The van der Waals surface area contributed by atoms with Crippen LogP contribution in [0.1, 0.15) is 8.55 Å². The number of rotatable bonds is 7. The van der Waals surface area contributed by atoms with Crippen molar-refractivity contribution in [3.8, 4) is 0 Å². The van der Waals surface area contributed by atoms with Crippen molar-refractivity contribution in [2.24, 2.45) is 5.16 Å². The number of amides is 2. The second kappa shape index (κ2) is 9.75. The number of nitrogen functional groups attached to an aromatic ring is 1. The fourth-order valence-electron chi connectivity index (χ4n) is 2.87. The van der Waals surface area contributed by atoms with Crippen LogP contribution in [0.5, 0.6) is 0 Å². The summed E-state index contributed by atoms with van der Waals surface area (Å²) in [7, 11) is 2.73. The monoisotopic (exact) mass is 453 g/mol. The fourth-order valence-corrected chi connectivity index (χ4v) is 4.75. The molecule has 1 aromatic rings. The number of β-lactam (4-membered cyclic amide) rings is 1. The van der Waals surface area contributed by atoms with Gasteiger partial charge in [-0.05, 0) is 5.57 Å². The normalized spacial score (nSPS) is 21.1. The average Bonchev–Trinajstić information content (AvgIpc) is 3.09. The number of carbonyl (C=O) groups is 3. The van der Waals surface area contributed by atoms with Gasteiger partial charge in [-0.2, -0.15) is 0 Å². The number of thiazole rings is 1. The van der Waals surface area contributed by atoms with E-state index in [-0.39, 0.29) is 54.7 Å². The number of methoxy groups -OCH3 is 1. The second-order valence-corrected chi connectivity index (χ2v) is 7.74. The number of thioether (sulfide) groups is 1. The van der Waals surface area contributed by atoms with Crippen LogP contribution >= 0.6 is 23.1 Å². The predicted molar refractivity (Wildman–Crippen MR) is 110 cm³/mol. The molecule has 0 spiro atoms. The summed E-state index contributed by atoms with van der Waals surface area (Å²) in [6.07, 6.45) is 0. The van der Waals surface area contributed by atoms with Crippen molar-refractivity contribution in [2.75, 3.05) is 32.3 Å². The van der Waals surface area contributed by atoms with E-state index < -0.39 is 29.2 Å². The molecule has 1 aromatic heterocycles. The maximum absolute atomic E-state index is 12.6. The minimum atomic E-state index is -1.21. The summed E-state index contributed by atoms with van der Waals surface area (Å²) in [4.78, 5) is 46.7. The zero-order valence-electron chi connectivity index (χ0n) is 17.6. The molecule has 0 aromatic carbocycles. The molecule has 2 aliphatic rings. The van der Waals surface area contributed by atoms with E-state index in [0.29, 0.717) is 11.3 Å². The number of fused-ring (bicyclic) bond motifs is 1. The summed E-state index contributed by atoms with van der Waals surface area (Å²) < 4.78 is 5.02. The standard InChI is InChI=1S/C15H17N5O6S2.Mg.2H/c1-25-3-6-4-27-13-9(12(22)20(13)10(6)14(23)24)18-11(21)8(19-26-2)7-5-28-15(16)17-7;;;/h5,9,13H,3-4H2,1-2H3,(H2,16,17)(H,18,21)(H,23,24);;;/q;+2;2*-1/b19-8-;;;/t9-,13-;;;/m1.../s1. The molecule has 0 aliphatic carbocycles. The second-order valence-electron chi connectivity index (χ2n) is 5.74. The Morgan fingerprint density at radius 2 is 2.24 bits per heavy atom. The Bertz CT molecular complexity index is 899. The Morgan fingerprint density at radius 3 is 2.79 bits per heavy atom. The van der Waals surface area contributed by atoms with Gasteiger partial charge in [0.15, 0.2) is 10.8 Å². The van der Waals surface area contributed by atoms with E-state index >= 15 is 0 Å². The molecule has 3 rings (SSSR count). The molecule has 3 heterocycles. The Hall–Kier alpha value is -1.87. The summed E-state index contributed by atoms with van der Waals surface area (Å²) in [6.45, 7) is 0.109. The van der Waals surface area contributed by atoms with Crippen molar-refractivity contribution in [1.82, 2.24) is 15.2 Å². The van der Waals surface area contributed by atoms with Gasteiger partial charge in [-0.25, -0.2) is 9.78 Å². The van der Waals surface area contributed by atoms with Crippen LogP contribution < -0.4 is 11.1 Å². The number of nitrogens with two attached hydrogens (primary N) is 1. The van der Waals surface area contributed by atoms with Gasteiger partial charge in [0.25, 0.3) is 11.8 Å². The molecule has 0 unspecified atom stereocenters. The number of hydrogen-bond donors (Lipinski definition) is 3. The van der Waals surface area contributed by atoms with Crippen molar-refractivity contribution in [1.29, 1.82) is 0 Å². The minimum absolute atomic E-state index is 0. The number of anilines is 1. The first-order valence-corrected chi connectivity index (χ1v) is 9.84. The van der Waals surface area contributed by atoms with E-state index in [2.05, 4.69) is 15.5 Å². The molecule has 29 heavy (non-hydrogen) atoms. The zero-order valence-corrected chi connectivity index (χ0v) is 18.6. The molecule has 1 saturated heterocycles. The number of carbonyl (C=O) groups excluding carboxylic acids is 2. The van der Waals surface area contributed by atoms with Crippen LogP contribution in [0.25, 0.3) is 0 Å². The van der Waals surface area contributed by atoms with Crippen LogP contribution in [0.3, 0.4) is 0 Å². The number of nitrogens with one attached hydrogen (secondary N) is 1. The van der Waals surface area contributed by atoms with E-state index in [1.807, 2.05) is 0 Å². The van der Waals surface area contributed by atoms with E-state index in [1.54, 1.807) is 5.38 Å². The molecule has 1 fully saturated rings. The number of ether oxygens (including phenoxy) is 1. The van der Waals surface area contributed by atoms with Crippen LogP contribution in [0.4, 0.5) is 5.13 Å². The number of nitrogens with zero attached hydrogens (tertiary/aromatic N) is 3. The SMILES string of the molecule is COCC1=C(C(=O)O)N2C(=O)[C@@H](NC(=O)/C(=N\OC)c3csc(N)n3)[C@H]2SC1.[H-].[H-].[Mg+2]. The van der Waals surface area contributed by atoms with Crippen LogP contribution in [-0.4, -0.2) is 99.5 Å². The quantitative estimate of drug-likeness (QED) is 0.210. The summed E-state index contributed by atoms with van der Waals surface area (Å²) in [5.41, 5.74) is 6.09. The Kier molecular flexibility index (Phi) is 7.87. The number of hydrogen-bond acceptors (Lipinski definition) is 10. The smallest absolute Gasteiger partial charge is 1.00 e. The van der Waals surface area contributed by atoms with Crippen molar-refractivity contribution >= 4 is 74.8 Å². The number of aliphatic carboxylic acids is 1. The number of carboxylic acid groups (broad SMARTS) is 1. The first kappa shape index (κ1) is 23.4. The zero-order chi connectivity index (χ0) is 20.4. The molecule has 0 saturated carbocycles. The first-order chi connectivity index (χ1) is 13.4. The van der Waals surface area contributed by atoms with Crippen molar-refractivity contribution in [3.05, 3.63) is 22.3 Å². The van der Waals surface area contributed by atoms with Gasteiger partial charge < -0.3 is 28.6 Å². The van der Waals surface area contributed by atoms with Gasteiger partial charge in [-0.1, -0.05) is 5.16 Å². The molecule has 2 amide bonds. The maximum Gasteiger partial charge on any atom is 2.00 e. The fraction of sp³-hybridized carbons (Fsp3) is 0.400.